The molecular weight excluding hydrogens is 717 g/mol. The van der Waals surface area contributed by atoms with Gasteiger partial charge in [0.05, 0.1) is 33.6 Å². The first-order chi connectivity index (χ1) is 29.2. The Hall–Kier alpha value is -7.95. The zero-order valence-corrected chi connectivity index (χ0v) is 32.1. The van der Waals surface area contributed by atoms with E-state index in [4.69, 9.17) is 15.0 Å². The Morgan fingerprint density at radius 2 is 0.763 bits per heavy atom. The molecule has 3 aromatic heterocycles. The molecule has 4 heteroatoms. The van der Waals surface area contributed by atoms with E-state index in [1.54, 1.807) is 0 Å². The second-order valence-corrected chi connectivity index (χ2v) is 14.8. The van der Waals surface area contributed by atoms with Gasteiger partial charge in [-0.2, -0.15) is 0 Å². The topological polar surface area (TPSA) is 43.6 Å². The lowest BCUT2D eigenvalue weighted by Gasteiger charge is -2.12. The molecule has 0 aliphatic carbocycles. The molecule has 11 rings (SSSR count). The summed E-state index contributed by atoms with van der Waals surface area (Å²) < 4.78 is 2.39. The minimum Gasteiger partial charge on any atom is -0.308 e. The third kappa shape index (κ3) is 6.24. The fourth-order valence-electron chi connectivity index (χ4n) is 8.31. The Morgan fingerprint density at radius 1 is 0.322 bits per heavy atom. The fourth-order valence-corrected chi connectivity index (χ4v) is 8.31. The Kier molecular flexibility index (Phi) is 8.45. The Labute approximate surface area is 342 Å². The molecule has 0 aliphatic heterocycles. The van der Waals surface area contributed by atoms with Crippen LogP contribution >= 0.6 is 0 Å². The van der Waals surface area contributed by atoms with Gasteiger partial charge in [-0.05, 0) is 52.6 Å². The van der Waals surface area contributed by atoms with E-state index in [1.165, 1.54) is 22.0 Å². The molecule has 4 nitrogen and oxygen atoms in total. The first kappa shape index (κ1) is 34.3. The SMILES string of the molecule is c1ccc(-c2ccc(-c3cc(-c4ccc(-c5ccc(-c6nc7ccccc7c7c6c6ccccc6n7-c6ccccc6)cc5)cc4)nc(-c4ccccc4)n3)cc2)cc1. The van der Waals surface area contributed by atoms with Gasteiger partial charge in [-0.25, -0.2) is 15.0 Å². The molecule has 3 heterocycles. The molecule has 276 valence electrons. The third-order valence-electron chi connectivity index (χ3n) is 11.2. The van der Waals surface area contributed by atoms with Gasteiger partial charge in [0.2, 0.25) is 0 Å². The molecule has 0 N–H and O–H groups in total. The van der Waals surface area contributed by atoms with Crippen molar-refractivity contribution >= 4 is 32.7 Å². The highest BCUT2D eigenvalue weighted by Gasteiger charge is 2.20. The van der Waals surface area contributed by atoms with Crippen LogP contribution in [0.3, 0.4) is 0 Å². The third-order valence-corrected chi connectivity index (χ3v) is 11.2. The van der Waals surface area contributed by atoms with Crippen LogP contribution < -0.4 is 0 Å². The summed E-state index contributed by atoms with van der Waals surface area (Å²) >= 11 is 0. The zero-order chi connectivity index (χ0) is 39.1. The zero-order valence-electron chi connectivity index (χ0n) is 32.1. The minimum absolute atomic E-state index is 0.702. The van der Waals surface area contributed by atoms with Crippen LogP contribution in [0, 0.1) is 0 Å². The molecular formula is C55H36N4. The number of para-hydroxylation sites is 3. The molecule has 0 aliphatic rings. The van der Waals surface area contributed by atoms with Gasteiger partial charge in [-0.1, -0.05) is 188 Å². The number of benzene rings is 8. The number of hydrogen-bond acceptors (Lipinski definition) is 3. The summed E-state index contributed by atoms with van der Waals surface area (Å²) in [4.78, 5) is 15.5. The second kappa shape index (κ2) is 14.5. The van der Waals surface area contributed by atoms with Crippen LogP contribution in [-0.4, -0.2) is 19.5 Å². The molecule has 0 saturated carbocycles. The van der Waals surface area contributed by atoms with Crippen molar-refractivity contribution in [2.75, 3.05) is 0 Å². The predicted molar refractivity (Wildman–Crippen MR) is 244 cm³/mol. The molecule has 0 spiro atoms. The van der Waals surface area contributed by atoms with E-state index in [1.807, 2.05) is 24.3 Å². The minimum atomic E-state index is 0.702. The van der Waals surface area contributed by atoms with Crippen molar-refractivity contribution in [2.45, 2.75) is 0 Å². The number of rotatable bonds is 7. The van der Waals surface area contributed by atoms with Crippen molar-refractivity contribution in [2.24, 2.45) is 0 Å². The van der Waals surface area contributed by atoms with Crippen LogP contribution in [0.4, 0.5) is 0 Å². The lowest BCUT2D eigenvalue weighted by Crippen LogP contribution is -1.96. The van der Waals surface area contributed by atoms with Crippen LogP contribution in [0.15, 0.2) is 218 Å². The van der Waals surface area contributed by atoms with Crippen LogP contribution in [-0.2, 0) is 0 Å². The van der Waals surface area contributed by atoms with Gasteiger partial charge in [0, 0.05) is 44.1 Å². The number of hydrogen-bond donors (Lipinski definition) is 0. The average molecular weight is 753 g/mol. The molecule has 0 fully saturated rings. The number of aromatic nitrogens is 4. The average Bonchev–Trinajstić information content (AvgIpc) is 3.68. The van der Waals surface area contributed by atoms with Crippen LogP contribution in [0.5, 0.6) is 0 Å². The van der Waals surface area contributed by atoms with Gasteiger partial charge in [0.1, 0.15) is 0 Å². The monoisotopic (exact) mass is 752 g/mol. The predicted octanol–water partition coefficient (Wildman–Crippen LogP) is 14.1. The highest BCUT2D eigenvalue weighted by atomic mass is 15.0. The van der Waals surface area contributed by atoms with Gasteiger partial charge < -0.3 is 4.57 Å². The largest absolute Gasteiger partial charge is 0.308 e. The lowest BCUT2D eigenvalue weighted by atomic mass is 9.98. The van der Waals surface area contributed by atoms with Crippen molar-refractivity contribution in [1.82, 2.24) is 19.5 Å². The number of nitrogens with zero attached hydrogens (tertiary/aromatic N) is 4. The van der Waals surface area contributed by atoms with Gasteiger partial charge in [0.25, 0.3) is 0 Å². The lowest BCUT2D eigenvalue weighted by molar-refractivity contribution is 1.18. The highest BCUT2D eigenvalue weighted by molar-refractivity contribution is 6.22. The summed E-state index contributed by atoms with van der Waals surface area (Å²) in [5, 5.41) is 3.48. The van der Waals surface area contributed by atoms with Crippen molar-refractivity contribution in [3.05, 3.63) is 218 Å². The van der Waals surface area contributed by atoms with Crippen molar-refractivity contribution < 1.29 is 0 Å². The Morgan fingerprint density at radius 3 is 1.36 bits per heavy atom. The van der Waals surface area contributed by atoms with E-state index in [0.29, 0.717) is 5.82 Å². The van der Waals surface area contributed by atoms with Crippen molar-refractivity contribution in [1.29, 1.82) is 0 Å². The van der Waals surface area contributed by atoms with Gasteiger partial charge in [-0.15, -0.1) is 0 Å². The molecule has 0 saturated heterocycles. The quantitative estimate of drug-likeness (QED) is 0.163. The maximum absolute atomic E-state index is 5.33. The normalized spacial score (nSPS) is 11.4. The van der Waals surface area contributed by atoms with E-state index in [2.05, 4.69) is 199 Å². The fraction of sp³-hybridized carbons (Fsp3) is 0. The van der Waals surface area contributed by atoms with E-state index in [0.717, 1.165) is 78.0 Å². The van der Waals surface area contributed by atoms with Crippen LogP contribution in [0.1, 0.15) is 0 Å². The molecule has 0 amide bonds. The second-order valence-electron chi connectivity index (χ2n) is 14.8. The molecule has 59 heavy (non-hydrogen) atoms. The van der Waals surface area contributed by atoms with Crippen LogP contribution in [0.25, 0.3) is 106 Å². The van der Waals surface area contributed by atoms with E-state index in [9.17, 15) is 0 Å². The summed E-state index contributed by atoms with van der Waals surface area (Å²) in [7, 11) is 0. The smallest absolute Gasteiger partial charge is 0.160 e. The molecule has 8 aromatic carbocycles. The first-order valence-electron chi connectivity index (χ1n) is 19.9. The first-order valence-corrected chi connectivity index (χ1v) is 19.9. The number of fused-ring (bicyclic) bond motifs is 5. The van der Waals surface area contributed by atoms with E-state index in [-0.39, 0.29) is 0 Å². The Bertz CT molecular complexity index is 3260. The Balaban J connectivity index is 0.960. The molecule has 0 atom stereocenters. The summed E-state index contributed by atoms with van der Waals surface area (Å²) in [6.07, 6.45) is 0. The molecule has 0 bridgehead atoms. The van der Waals surface area contributed by atoms with Gasteiger partial charge in [-0.3, -0.25) is 0 Å². The van der Waals surface area contributed by atoms with Crippen molar-refractivity contribution in [3.8, 4) is 73.1 Å². The highest BCUT2D eigenvalue weighted by Crippen LogP contribution is 2.41. The maximum Gasteiger partial charge on any atom is 0.160 e. The molecule has 0 unspecified atom stereocenters. The summed E-state index contributed by atoms with van der Waals surface area (Å²) in [5.74, 6) is 0.702. The maximum atomic E-state index is 5.33. The summed E-state index contributed by atoms with van der Waals surface area (Å²) in [5.41, 5.74) is 16.0. The standard InChI is InChI=1S/C55H36N4/c1-4-14-37(15-5-1)38-24-30-41(31-25-38)49-36-50(58-55(57-49)44-16-6-2-7-17-44)42-32-26-39(27-33-42)40-28-34-43(35-29-40)53-52-47-21-11-13-23-51(47)59(45-18-8-3-9-19-45)54(52)46-20-10-12-22-48(46)56-53/h1-36H. The summed E-state index contributed by atoms with van der Waals surface area (Å²) in [6.45, 7) is 0. The number of pyridine rings is 1. The van der Waals surface area contributed by atoms with Gasteiger partial charge >= 0.3 is 0 Å². The molecule has 0 radical (unpaired) electrons. The van der Waals surface area contributed by atoms with Crippen molar-refractivity contribution in [3.63, 3.8) is 0 Å². The van der Waals surface area contributed by atoms with E-state index >= 15 is 0 Å². The summed E-state index contributed by atoms with van der Waals surface area (Å²) in [6, 6.07) is 76.7. The van der Waals surface area contributed by atoms with Crippen LogP contribution in [0.2, 0.25) is 0 Å². The van der Waals surface area contributed by atoms with E-state index < -0.39 is 0 Å². The molecule has 11 aromatic rings. The van der Waals surface area contributed by atoms with Gasteiger partial charge in [0.15, 0.2) is 5.82 Å².